The number of hydrogen-bond acceptors (Lipinski definition) is 3. The van der Waals surface area contributed by atoms with Crippen LogP contribution >= 0.6 is 0 Å². The number of carboxylic acids is 1. The van der Waals surface area contributed by atoms with Crippen molar-refractivity contribution in [2.75, 3.05) is 11.9 Å². The first-order chi connectivity index (χ1) is 9.41. The van der Waals surface area contributed by atoms with Gasteiger partial charge in [0.1, 0.15) is 6.10 Å². The third-order valence-corrected chi connectivity index (χ3v) is 3.63. The van der Waals surface area contributed by atoms with Gasteiger partial charge in [-0.2, -0.15) is 0 Å². The van der Waals surface area contributed by atoms with Crippen molar-refractivity contribution < 1.29 is 19.4 Å². The molecule has 0 radical (unpaired) electrons. The number of nitrogens with one attached hydrogen (secondary N) is 1. The average Bonchev–Trinajstić information content (AvgIpc) is 2.93. The Labute approximate surface area is 117 Å². The Morgan fingerprint density at radius 2 is 1.95 bits per heavy atom. The quantitative estimate of drug-likeness (QED) is 0.884. The van der Waals surface area contributed by atoms with E-state index in [4.69, 9.17) is 9.84 Å². The topological polar surface area (TPSA) is 75.6 Å². The summed E-state index contributed by atoms with van der Waals surface area (Å²) < 4.78 is 5.31. The number of benzene rings is 1. The predicted molar refractivity (Wildman–Crippen MR) is 74.7 cm³/mol. The Morgan fingerprint density at radius 1 is 1.30 bits per heavy atom. The van der Waals surface area contributed by atoms with E-state index in [0.29, 0.717) is 17.9 Å². The van der Waals surface area contributed by atoms with Gasteiger partial charge in [0.2, 0.25) is 0 Å². The van der Waals surface area contributed by atoms with Gasteiger partial charge in [0.25, 0.3) is 5.91 Å². The second-order valence-corrected chi connectivity index (χ2v) is 5.50. The summed E-state index contributed by atoms with van der Waals surface area (Å²) >= 11 is 0. The molecule has 0 unspecified atom stereocenters. The molecule has 0 spiro atoms. The van der Waals surface area contributed by atoms with E-state index in [2.05, 4.69) is 5.32 Å². The molecule has 0 saturated carbocycles. The van der Waals surface area contributed by atoms with E-state index in [0.717, 1.165) is 12.8 Å². The van der Waals surface area contributed by atoms with Crippen molar-refractivity contribution in [3.8, 4) is 0 Å². The van der Waals surface area contributed by atoms with Crippen LogP contribution in [0, 0.1) is 0 Å². The number of carboxylic acid groups (broad SMARTS) is 1. The molecule has 5 nitrogen and oxygen atoms in total. The van der Waals surface area contributed by atoms with Crippen molar-refractivity contribution in [1.29, 1.82) is 0 Å². The summed E-state index contributed by atoms with van der Waals surface area (Å²) in [6, 6.07) is 6.87. The average molecular weight is 277 g/mol. The molecule has 1 atom stereocenters. The number of rotatable bonds is 4. The van der Waals surface area contributed by atoms with Gasteiger partial charge in [-0.1, -0.05) is 12.1 Å². The Balaban J connectivity index is 2.05. The summed E-state index contributed by atoms with van der Waals surface area (Å²) in [7, 11) is 0. The fourth-order valence-electron chi connectivity index (χ4n) is 2.10. The van der Waals surface area contributed by atoms with Gasteiger partial charge < -0.3 is 15.2 Å². The Kier molecular flexibility index (Phi) is 4.09. The molecule has 1 aliphatic rings. The van der Waals surface area contributed by atoms with Crippen LogP contribution < -0.4 is 5.32 Å². The highest BCUT2D eigenvalue weighted by molar-refractivity contribution is 5.94. The highest BCUT2D eigenvalue weighted by atomic mass is 16.5. The maximum atomic E-state index is 11.9. The molecule has 1 amide bonds. The minimum absolute atomic E-state index is 0.146. The van der Waals surface area contributed by atoms with E-state index in [1.54, 1.807) is 38.1 Å². The minimum Gasteiger partial charge on any atom is -0.481 e. The number of aliphatic carboxylic acids is 1. The van der Waals surface area contributed by atoms with E-state index in [1.165, 1.54) is 0 Å². The van der Waals surface area contributed by atoms with Crippen LogP contribution in [0.3, 0.4) is 0 Å². The van der Waals surface area contributed by atoms with Gasteiger partial charge >= 0.3 is 5.97 Å². The summed E-state index contributed by atoms with van der Waals surface area (Å²) in [6.45, 7) is 3.93. The van der Waals surface area contributed by atoms with Gasteiger partial charge in [0, 0.05) is 12.3 Å². The molecule has 0 bridgehead atoms. The zero-order chi connectivity index (χ0) is 14.8. The van der Waals surface area contributed by atoms with Crippen molar-refractivity contribution in [3.05, 3.63) is 29.8 Å². The highest BCUT2D eigenvalue weighted by Crippen LogP contribution is 2.25. The molecule has 2 N–H and O–H groups in total. The standard InChI is InChI=1S/C15H19NO4/c1-15(2,14(18)19)10-5-7-11(8-6-10)16-13(17)12-4-3-9-20-12/h5-8,12H,3-4,9H2,1-2H3,(H,16,17)(H,18,19)/t12-/m0/s1. The van der Waals surface area contributed by atoms with Crippen molar-refractivity contribution in [3.63, 3.8) is 0 Å². The molecule has 1 aromatic rings. The number of anilines is 1. The number of ether oxygens (including phenoxy) is 1. The lowest BCUT2D eigenvalue weighted by Gasteiger charge is -2.20. The Hall–Kier alpha value is -1.88. The lowest BCUT2D eigenvalue weighted by atomic mass is 9.85. The largest absolute Gasteiger partial charge is 0.481 e. The van der Waals surface area contributed by atoms with Gasteiger partial charge in [-0.05, 0) is 44.4 Å². The lowest BCUT2D eigenvalue weighted by Crippen LogP contribution is -2.29. The van der Waals surface area contributed by atoms with Gasteiger partial charge in [0.15, 0.2) is 0 Å². The second kappa shape index (κ2) is 5.63. The van der Waals surface area contributed by atoms with Crippen LogP contribution in [0.1, 0.15) is 32.3 Å². The first kappa shape index (κ1) is 14.5. The third kappa shape index (κ3) is 2.99. The second-order valence-electron chi connectivity index (χ2n) is 5.50. The number of amides is 1. The van der Waals surface area contributed by atoms with Crippen molar-refractivity contribution >= 4 is 17.6 Å². The Morgan fingerprint density at radius 3 is 2.45 bits per heavy atom. The van der Waals surface area contributed by atoms with E-state index >= 15 is 0 Å². The molecule has 5 heteroatoms. The maximum absolute atomic E-state index is 11.9. The Bertz CT molecular complexity index is 501. The lowest BCUT2D eigenvalue weighted by molar-refractivity contribution is -0.142. The normalized spacial score (nSPS) is 18.8. The molecule has 108 valence electrons. The first-order valence-corrected chi connectivity index (χ1v) is 6.67. The third-order valence-electron chi connectivity index (χ3n) is 3.63. The van der Waals surface area contributed by atoms with E-state index in [1.807, 2.05) is 0 Å². The van der Waals surface area contributed by atoms with Gasteiger partial charge in [-0.25, -0.2) is 0 Å². The van der Waals surface area contributed by atoms with Crippen LogP contribution in [0.2, 0.25) is 0 Å². The smallest absolute Gasteiger partial charge is 0.313 e. The molecule has 1 aliphatic heterocycles. The van der Waals surface area contributed by atoms with Crippen molar-refractivity contribution in [1.82, 2.24) is 0 Å². The summed E-state index contributed by atoms with van der Waals surface area (Å²) in [4.78, 5) is 23.0. The van der Waals surface area contributed by atoms with Crippen molar-refractivity contribution in [2.45, 2.75) is 38.2 Å². The van der Waals surface area contributed by atoms with Crippen LogP contribution in [-0.2, 0) is 19.7 Å². The minimum atomic E-state index is -0.947. The van der Waals surface area contributed by atoms with Gasteiger partial charge in [-0.3, -0.25) is 9.59 Å². The zero-order valence-corrected chi connectivity index (χ0v) is 11.7. The van der Waals surface area contributed by atoms with Gasteiger partial charge in [0.05, 0.1) is 5.41 Å². The number of hydrogen-bond donors (Lipinski definition) is 2. The SMILES string of the molecule is CC(C)(C(=O)O)c1ccc(NC(=O)[C@@H]2CCCO2)cc1. The molecular weight excluding hydrogens is 258 g/mol. The first-order valence-electron chi connectivity index (χ1n) is 6.67. The zero-order valence-electron chi connectivity index (χ0n) is 11.7. The van der Waals surface area contributed by atoms with Crippen molar-refractivity contribution in [2.24, 2.45) is 0 Å². The van der Waals surface area contributed by atoms with E-state index in [-0.39, 0.29) is 12.0 Å². The van der Waals surface area contributed by atoms with Crippen LogP contribution in [0.25, 0.3) is 0 Å². The number of carbonyl (C=O) groups is 2. The van der Waals surface area contributed by atoms with Crippen LogP contribution in [0.5, 0.6) is 0 Å². The molecule has 1 aromatic carbocycles. The molecular formula is C15H19NO4. The molecule has 0 aliphatic carbocycles. The molecule has 2 rings (SSSR count). The summed E-state index contributed by atoms with van der Waals surface area (Å²) in [5.74, 6) is -1.03. The fraction of sp³-hybridized carbons (Fsp3) is 0.467. The summed E-state index contributed by atoms with van der Waals surface area (Å²) in [5, 5.41) is 11.9. The monoisotopic (exact) mass is 277 g/mol. The molecule has 1 heterocycles. The van der Waals surface area contributed by atoms with E-state index in [9.17, 15) is 9.59 Å². The molecule has 0 aromatic heterocycles. The predicted octanol–water partition coefficient (Wildman–Crippen LogP) is 2.17. The molecule has 1 fully saturated rings. The molecule has 20 heavy (non-hydrogen) atoms. The fourth-order valence-corrected chi connectivity index (χ4v) is 2.10. The highest BCUT2D eigenvalue weighted by Gasteiger charge is 2.29. The van der Waals surface area contributed by atoms with Crippen LogP contribution in [-0.4, -0.2) is 29.7 Å². The molecule has 1 saturated heterocycles. The number of carbonyl (C=O) groups excluding carboxylic acids is 1. The van der Waals surface area contributed by atoms with Gasteiger partial charge in [-0.15, -0.1) is 0 Å². The van der Waals surface area contributed by atoms with Crippen LogP contribution in [0.15, 0.2) is 24.3 Å². The summed E-state index contributed by atoms with van der Waals surface area (Å²) in [6.07, 6.45) is 1.28. The van der Waals surface area contributed by atoms with E-state index < -0.39 is 11.4 Å². The maximum Gasteiger partial charge on any atom is 0.313 e. The summed E-state index contributed by atoms with van der Waals surface area (Å²) in [5.41, 5.74) is 0.396. The van der Waals surface area contributed by atoms with Crippen LogP contribution in [0.4, 0.5) is 5.69 Å².